The molecule has 0 saturated carbocycles. The highest BCUT2D eigenvalue weighted by atomic mass is 16.3. The molecule has 0 aliphatic heterocycles. The fourth-order valence-electron chi connectivity index (χ4n) is 11.7. The highest BCUT2D eigenvalue weighted by Crippen LogP contribution is 2.19. The maximum absolute atomic E-state index is 12.5. The lowest BCUT2D eigenvalue weighted by Crippen LogP contribution is -2.45. The molecule has 0 saturated heterocycles. The standard InChI is InChI=1S/C73H143NO3/c1-3-5-7-9-11-13-15-17-19-21-23-25-27-29-30-31-32-33-34-35-36-37-38-39-40-41-42-43-44-45-47-49-51-53-55-57-59-61-63-65-67-69-73(77)74-71(70-75)72(76)68-66-64-62-60-58-56-54-52-50-48-46-28-26-24-22-20-18-16-14-12-10-8-6-4-2/h21,23,66,68,71-72,75-76H,3-20,22,24-65,67,69-70H2,1-2H3,(H,74,77)/b23-21-,68-66+. The fraction of sp³-hybridized carbons (Fsp3) is 0.932. The van der Waals surface area contributed by atoms with Crippen molar-refractivity contribution >= 4 is 5.91 Å². The zero-order valence-corrected chi connectivity index (χ0v) is 53.0. The van der Waals surface area contributed by atoms with E-state index >= 15 is 0 Å². The Morgan fingerprint density at radius 2 is 0.494 bits per heavy atom. The van der Waals surface area contributed by atoms with Crippen LogP contribution in [-0.2, 0) is 4.79 Å². The molecule has 1 amide bonds. The van der Waals surface area contributed by atoms with Gasteiger partial charge in [0.2, 0.25) is 5.91 Å². The molecule has 0 fully saturated rings. The Hall–Kier alpha value is -1.13. The third kappa shape index (κ3) is 65.6. The van der Waals surface area contributed by atoms with E-state index in [9.17, 15) is 15.0 Å². The summed E-state index contributed by atoms with van der Waals surface area (Å²) in [6, 6.07) is -0.620. The molecule has 77 heavy (non-hydrogen) atoms. The monoisotopic (exact) mass is 1080 g/mol. The van der Waals surface area contributed by atoms with Gasteiger partial charge in [0.1, 0.15) is 0 Å². The van der Waals surface area contributed by atoms with Crippen molar-refractivity contribution in [2.75, 3.05) is 6.61 Å². The lowest BCUT2D eigenvalue weighted by Gasteiger charge is -2.20. The average molecular weight is 1080 g/mol. The third-order valence-corrected chi connectivity index (χ3v) is 17.2. The molecular formula is C73H143NO3. The third-order valence-electron chi connectivity index (χ3n) is 17.2. The molecule has 0 aromatic carbocycles. The summed E-state index contributed by atoms with van der Waals surface area (Å²) in [5.74, 6) is -0.0538. The van der Waals surface area contributed by atoms with E-state index in [0.717, 1.165) is 25.7 Å². The van der Waals surface area contributed by atoms with Gasteiger partial charge in [-0.2, -0.15) is 0 Å². The maximum atomic E-state index is 12.5. The number of aliphatic hydroxyl groups excluding tert-OH is 2. The SMILES string of the molecule is CCCCCCCCCC/C=C\CCCCCCCCCCCCCCCCCCCCCCCCCCCCCCCC(=O)NC(CO)C(O)/C=C/CCCCCCCCCCCCCCCCCCCCCCCC. The fourth-order valence-corrected chi connectivity index (χ4v) is 11.7. The van der Waals surface area contributed by atoms with Crippen LogP contribution in [0.3, 0.4) is 0 Å². The second-order valence-electron chi connectivity index (χ2n) is 25.0. The number of allylic oxidation sites excluding steroid dienone is 3. The van der Waals surface area contributed by atoms with Gasteiger partial charge in [0, 0.05) is 6.42 Å². The van der Waals surface area contributed by atoms with Gasteiger partial charge in [-0.1, -0.05) is 391 Å². The highest BCUT2D eigenvalue weighted by molar-refractivity contribution is 5.76. The van der Waals surface area contributed by atoms with Crippen molar-refractivity contribution in [3.63, 3.8) is 0 Å². The number of amides is 1. The summed E-state index contributed by atoms with van der Waals surface area (Å²) >= 11 is 0. The Morgan fingerprint density at radius 1 is 0.299 bits per heavy atom. The van der Waals surface area contributed by atoms with Crippen LogP contribution in [0.25, 0.3) is 0 Å². The first-order valence-electron chi connectivity index (χ1n) is 36.1. The first kappa shape index (κ1) is 75.9. The van der Waals surface area contributed by atoms with Crippen molar-refractivity contribution in [2.24, 2.45) is 0 Å². The van der Waals surface area contributed by atoms with Crippen molar-refractivity contribution in [3.05, 3.63) is 24.3 Å². The summed E-state index contributed by atoms with van der Waals surface area (Å²) in [5.41, 5.74) is 0. The summed E-state index contributed by atoms with van der Waals surface area (Å²) in [6.45, 7) is 4.36. The molecule has 4 nitrogen and oxygen atoms in total. The zero-order chi connectivity index (χ0) is 55.5. The Kier molecular flexibility index (Phi) is 68.1. The molecule has 0 heterocycles. The lowest BCUT2D eigenvalue weighted by molar-refractivity contribution is -0.123. The summed E-state index contributed by atoms with van der Waals surface area (Å²) in [4.78, 5) is 12.5. The molecule has 0 aliphatic carbocycles. The van der Waals surface area contributed by atoms with Crippen molar-refractivity contribution < 1.29 is 15.0 Å². The number of nitrogens with one attached hydrogen (secondary N) is 1. The number of unbranched alkanes of at least 4 members (excludes halogenated alkanes) is 59. The first-order chi connectivity index (χ1) is 38.2. The van der Waals surface area contributed by atoms with Crippen molar-refractivity contribution in [1.82, 2.24) is 5.32 Å². The molecule has 3 N–H and O–H groups in total. The van der Waals surface area contributed by atoms with Crippen molar-refractivity contribution in [1.29, 1.82) is 0 Å². The minimum atomic E-state index is -0.838. The topological polar surface area (TPSA) is 69.6 Å². The van der Waals surface area contributed by atoms with E-state index < -0.39 is 12.1 Å². The molecule has 0 bridgehead atoms. The smallest absolute Gasteiger partial charge is 0.220 e. The van der Waals surface area contributed by atoms with Crippen LogP contribution < -0.4 is 5.32 Å². The van der Waals surface area contributed by atoms with Crippen LogP contribution in [0, 0.1) is 0 Å². The Balaban J connectivity index is 3.37. The second kappa shape index (κ2) is 69.1. The molecular weight excluding hydrogens is 939 g/mol. The maximum Gasteiger partial charge on any atom is 0.220 e. The highest BCUT2D eigenvalue weighted by Gasteiger charge is 2.18. The Bertz CT molecular complexity index is 1140. The Labute approximate surface area is 485 Å². The van der Waals surface area contributed by atoms with Crippen LogP contribution in [-0.4, -0.2) is 34.9 Å². The minimum absolute atomic E-state index is 0.0538. The molecule has 0 aromatic rings. The lowest BCUT2D eigenvalue weighted by atomic mass is 10.0. The second-order valence-corrected chi connectivity index (χ2v) is 25.0. The van der Waals surface area contributed by atoms with Crippen molar-refractivity contribution in [3.8, 4) is 0 Å². The largest absolute Gasteiger partial charge is 0.394 e. The van der Waals surface area contributed by atoms with E-state index in [-0.39, 0.29) is 12.5 Å². The molecule has 4 heteroatoms. The Morgan fingerprint density at radius 3 is 0.714 bits per heavy atom. The van der Waals surface area contributed by atoms with Crippen LogP contribution in [0.1, 0.15) is 418 Å². The van der Waals surface area contributed by atoms with Gasteiger partial charge in [0.25, 0.3) is 0 Å². The van der Waals surface area contributed by atoms with E-state index in [1.54, 1.807) is 6.08 Å². The van der Waals surface area contributed by atoms with Gasteiger partial charge in [0.05, 0.1) is 18.8 Å². The molecule has 0 spiro atoms. The minimum Gasteiger partial charge on any atom is -0.394 e. The number of hydrogen-bond donors (Lipinski definition) is 3. The summed E-state index contributed by atoms with van der Waals surface area (Å²) in [6.07, 6.45) is 94.3. The van der Waals surface area contributed by atoms with Crippen LogP contribution >= 0.6 is 0 Å². The van der Waals surface area contributed by atoms with Crippen LogP contribution in [0.15, 0.2) is 24.3 Å². The summed E-state index contributed by atoms with van der Waals surface area (Å²) < 4.78 is 0. The molecule has 0 aromatic heterocycles. The van der Waals surface area contributed by atoms with Gasteiger partial charge in [-0.15, -0.1) is 0 Å². The molecule has 0 aliphatic rings. The van der Waals surface area contributed by atoms with Gasteiger partial charge >= 0.3 is 0 Å². The van der Waals surface area contributed by atoms with Gasteiger partial charge in [-0.25, -0.2) is 0 Å². The van der Waals surface area contributed by atoms with E-state index in [2.05, 4.69) is 31.3 Å². The van der Waals surface area contributed by atoms with E-state index in [1.807, 2.05) is 6.08 Å². The normalized spacial score (nSPS) is 12.7. The molecule has 0 rings (SSSR count). The first-order valence-corrected chi connectivity index (χ1v) is 36.1. The van der Waals surface area contributed by atoms with Crippen LogP contribution in [0.2, 0.25) is 0 Å². The predicted molar refractivity (Wildman–Crippen MR) is 346 cm³/mol. The number of hydrogen-bond acceptors (Lipinski definition) is 3. The van der Waals surface area contributed by atoms with Gasteiger partial charge < -0.3 is 15.5 Å². The number of carbonyl (C=O) groups excluding carboxylic acids is 1. The molecule has 2 unspecified atom stereocenters. The zero-order valence-electron chi connectivity index (χ0n) is 53.0. The van der Waals surface area contributed by atoms with Crippen molar-refractivity contribution in [2.45, 2.75) is 431 Å². The van der Waals surface area contributed by atoms with Crippen LogP contribution in [0.5, 0.6) is 0 Å². The summed E-state index contributed by atoms with van der Waals surface area (Å²) in [5, 5.41) is 23.3. The van der Waals surface area contributed by atoms with E-state index in [4.69, 9.17) is 0 Å². The van der Waals surface area contributed by atoms with Gasteiger partial charge in [-0.3, -0.25) is 4.79 Å². The summed E-state index contributed by atoms with van der Waals surface area (Å²) in [7, 11) is 0. The van der Waals surface area contributed by atoms with E-state index in [0.29, 0.717) is 6.42 Å². The number of rotatable bonds is 68. The van der Waals surface area contributed by atoms with E-state index in [1.165, 1.54) is 372 Å². The number of carbonyl (C=O) groups is 1. The van der Waals surface area contributed by atoms with Gasteiger partial charge in [0.15, 0.2) is 0 Å². The number of aliphatic hydroxyl groups is 2. The molecule has 0 radical (unpaired) electrons. The quantitative estimate of drug-likeness (QED) is 0.0420. The predicted octanol–water partition coefficient (Wildman–Crippen LogP) is 24.6. The molecule has 2 atom stereocenters. The van der Waals surface area contributed by atoms with Crippen LogP contribution in [0.4, 0.5) is 0 Å². The molecule has 458 valence electrons. The average Bonchev–Trinajstić information content (AvgIpc) is 3.43. The van der Waals surface area contributed by atoms with Gasteiger partial charge in [-0.05, 0) is 44.9 Å².